The quantitative estimate of drug-likeness (QED) is 0.108. The molecule has 12 aromatic rings. The summed E-state index contributed by atoms with van der Waals surface area (Å²) in [6, 6.07) is 87.5. The first kappa shape index (κ1) is 59.0. The number of methoxy groups -OCH3 is 2. The fraction of sp³-hybridized carbons (Fsp3) is 0.0789. The Balaban J connectivity index is 0.000000166. The van der Waals surface area contributed by atoms with Crippen molar-refractivity contribution in [3.63, 3.8) is 0 Å². The number of halogens is 4. The standard InChI is InChI=1S/C39H30Cl2N4O2.C37H26Cl2N4/c1-25-35(26-13-7-4-8-14-26)44-39(43-25,32-22-20-30(47-3)24-34(32)41)45-37(28-17-11-6-12-18-28)36(27-15-9-5-10-16-27)42-38(45)31-21-19-29(46-2)23-33(31)40;1-25-33(26-15-5-2-6-16-26)42-37(41-25,30-22-12-14-24-32(30)39)43-35(28-19-9-4-10-20-28)34(27-17-7-3-8-18-27)40-36(43)29-21-11-13-23-31(29)38/h4-24H,1-3H3;2-24H,1H3. The van der Waals surface area contributed by atoms with Crippen molar-refractivity contribution >= 4 is 69.3 Å². The minimum absolute atomic E-state index is 0.444. The highest BCUT2D eigenvalue weighted by Crippen LogP contribution is 2.51. The van der Waals surface area contributed by atoms with Gasteiger partial charge in [-0.15, -0.1) is 0 Å². The van der Waals surface area contributed by atoms with E-state index < -0.39 is 11.6 Å². The predicted octanol–water partition coefficient (Wildman–Crippen LogP) is 19.6. The van der Waals surface area contributed by atoms with Gasteiger partial charge in [0.1, 0.15) is 23.1 Å². The summed E-state index contributed by atoms with van der Waals surface area (Å²) < 4.78 is 15.2. The lowest BCUT2D eigenvalue weighted by Gasteiger charge is -2.30. The first-order valence-corrected chi connectivity index (χ1v) is 30.6. The number of hydrogen-bond acceptors (Lipinski definition) is 8. The third-order valence-corrected chi connectivity index (χ3v) is 17.1. The van der Waals surface area contributed by atoms with Crippen LogP contribution in [0.2, 0.25) is 20.1 Å². The van der Waals surface area contributed by atoms with Crippen LogP contribution < -0.4 is 9.47 Å². The van der Waals surface area contributed by atoms with E-state index in [4.69, 9.17) is 85.8 Å². The van der Waals surface area contributed by atoms with Crippen LogP contribution in [0.1, 0.15) is 36.1 Å². The van der Waals surface area contributed by atoms with Crippen molar-refractivity contribution < 1.29 is 9.47 Å². The molecule has 0 radical (unpaired) electrons. The van der Waals surface area contributed by atoms with Crippen LogP contribution in [0.5, 0.6) is 11.5 Å². The molecule has 0 bridgehead atoms. The average molecular weight is 1260 g/mol. The lowest BCUT2D eigenvalue weighted by atomic mass is 10.0. The van der Waals surface area contributed by atoms with Gasteiger partial charge >= 0.3 is 0 Å². The maximum Gasteiger partial charge on any atom is 0.262 e. The van der Waals surface area contributed by atoms with Gasteiger partial charge in [0.05, 0.1) is 79.9 Å². The zero-order valence-electron chi connectivity index (χ0n) is 49.3. The van der Waals surface area contributed by atoms with Crippen molar-refractivity contribution in [3.8, 4) is 79.3 Å². The summed E-state index contributed by atoms with van der Waals surface area (Å²) in [5.74, 6) is -0.266. The molecule has 440 valence electrons. The predicted molar refractivity (Wildman–Crippen MR) is 369 cm³/mol. The second kappa shape index (κ2) is 25.3. The van der Waals surface area contributed by atoms with E-state index in [1.165, 1.54) is 0 Å². The molecule has 2 atom stereocenters. The van der Waals surface area contributed by atoms with Crippen molar-refractivity contribution in [2.24, 2.45) is 20.0 Å². The average Bonchev–Trinajstić information content (AvgIpc) is 1.56. The molecule has 0 fully saturated rings. The molecule has 4 heterocycles. The number of aromatic nitrogens is 4. The summed E-state index contributed by atoms with van der Waals surface area (Å²) >= 11 is 28.2. The number of aliphatic imine (C=N–C) groups is 4. The Morgan fingerprint density at radius 1 is 0.322 bits per heavy atom. The van der Waals surface area contributed by atoms with E-state index in [-0.39, 0.29) is 0 Å². The van der Waals surface area contributed by atoms with E-state index in [0.717, 1.165) is 90.1 Å². The van der Waals surface area contributed by atoms with Gasteiger partial charge in [0, 0.05) is 55.6 Å². The Hall–Kier alpha value is -9.94. The van der Waals surface area contributed by atoms with Gasteiger partial charge in [-0.2, -0.15) is 0 Å². The summed E-state index contributed by atoms with van der Waals surface area (Å²) in [6.07, 6.45) is 0. The van der Waals surface area contributed by atoms with Gasteiger partial charge in [-0.3, -0.25) is 9.13 Å². The summed E-state index contributed by atoms with van der Waals surface area (Å²) in [6.45, 7) is 3.97. The Kier molecular flexibility index (Phi) is 16.6. The molecule has 14 heteroatoms. The maximum atomic E-state index is 7.17. The van der Waals surface area contributed by atoms with E-state index in [2.05, 4.69) is 57.7 Å². The van der Waals surface area contributed by atoms with E-state index >= 15 is 0 Å². The minimum atomic E-state index is -1.41. The zero-order chi connectivity index (χ0) is 61.9. The SMILES string of the molecule is CC1=NC(c2ccccc2Cl)(n2c(-c3ccccc3Cl)nc(-c3ccccc3)c2-c2ccccc2)N=C1c1ccccc1.COc1ccc(-c2nc(-c3ccccc3)c(-c3ccccc3)n2C2(c3ccc(OC)cc3Cl)N=C(C)C(c3ccccc3)=N2)c(Cl)c1. The number of nitrogens with zero attached hydrogens (tertiary/aromatic N) is 8. The number of ether oxygens (including phenoxy) is 2. The number of hydrogen-bond donors (Lipinski definition) is 0. The lowest BCUT2D eigenvalue weighted by Crippen LogP contribution is -2.31. The Bertz CT molecular complexity index is 4750. The molecule has 90 heavy (non-hydrogen) atoms. The van der Waals surface area contributed by atoms with Crippen molar-refractivity contribution in [2.45, 2.75) is 25.4 Å². The molecule has 10 aromatic carbocycles. The summed E-state index contributed by atoms with van der Waals surface area (Å²) in [5, 5.41) is 2.04. The third kappa shape index (κ3) is 10.9. The molecule has 2 aliphatic heterocycles. The molecule has 0 aliphatic carbocycles. The summed E-state index contributed by atoms with van der Waals surface area (Å²) in [7, 11) is 3.23. The van der Waals surface area contributed by atoms with Crippen LogP contribution in [0.25, 0.3) is 67.8 Å². The maximum absolute atomic E-state index is 7.17. The first-order chi connectivity index (χ1) is 44.0. The highest BCUT2D eigenvalue weighted by atomic mass is 35.5. The van der Waals surface area contributed by atoms with Crippen molar-refractivity contribution in [1.82, 2.24) is 19.1 Å². The zero-order valence-corrected chi connectivity index (χ0v) is 52.3. The van der Waals surface area contributed by atoms with Crippen LogP contribution in [0, 0.1) is 0 Å². The monoisotopic (exact) mass is 1250 g/mol. The molecule has 0 saturated carbocycles. The van der Waals surface area contributed by atoms with Gasteiger partial charge in [0.25, 0.3) is 11.6 Å². The molecule has 10 nitrogen and oxygen atoms in total. The van der Waals surface area contributed by atoms with Crippen LogP contribution in [-0.2, 0) is 11.6 Å². The van der Waals surface area contributed by atoms with Gasteiger partial charge in [0.2, 0.25) is 0 Å². The highest BCUT2D eigenvalue weighted by molar-refractivity contribution is 6.49. The van der Waals surface area contributed by atoms with Crippen LogP contribution in [0.3, 0.4) is 0 Å². The summed E-state index contributed by atoms with van der Waals surface area (Å²) in [4.78, 5) is 32.5. The van der Waals surface area contributed by atoms with Gasteiger partial charge in [-0.05, 0) is 68.4 Å². The van der Waals surface area contributed by atoms with E-state index in [0.29, 0.717) is 54.4 Å². The molecule has 0 N–H and O–H groups in total. The van der Waals surface area contributed by atoms with Gasteiger partial charge in [0.15, 0.2) is 0 Å². The fourth-order valence-corrected chi connectivity index (χ4v) is 12.8. The van der Waals surface area contributed by atoms with Crippen molar-refractivity contribution in [2.75, 3.05) is 14.2 Å². The smallest absolute Gasteiger partial charge is 0.262 e. The molecule has 2 aromatic heterocycles. The molecule has 0 amide bonds. The third-order valence-electron chi connectivity index (χ3n) is 15.8. The molecular weight excluding hydrogens is 1200 g/mol. The lowest BCUT2D eigenvalue weighted by molar-refractivity contribution is 0.402. The van der Waals surface area contributed by atoms with Crippen LogP contribution >= 0.6 is 46.4 Å². The topological polar surface area (TPSA) is 104 Å². The molecular formula is C76H56Cl4N8O2. The number of benzene rings is 10. The summed E-state index contributed by atoms with van der Waals surface area (Å²) in [5.41, 5.74) is 14.9. The second-order valence-corrected chi connectivity index (χ2v) is 23.0. The number of rotatable bonds is 14. The fourth-order valence-electron chi connectivity index (χ4n) is 11.7. The molecule has 2 unspecified atom stereocenters. The number of imidazole rings is 2. The first-order valence-electron chi connectivity index (χ1n) is 29.1. The molecule has 14 rings (SSSR count). The second-order valence-electron chi connectivity index (χ2n) is 21.4. The molecule has 2 aliphatic rings. The van der Waals surface area contributed by atoms with Gasteiger partial charge in [-0.1, -0.05) is 259 Å². The van der Waals surface area contributed by atoms with Crippen molar-refractivity contribution in [1.29, 1.82) is 0 Å². The Morgan fingerprint density at radius 3 is 1.07 bits per heavy atom. The largest absolute Gasteiger partial charge is 0.497 e. The highest BCUT2D eigenvalue weighted by Gasteiger charge is 2.47. The Morgan fingerprint density at radius 2 is 0.667 bits per heavy atom. The van der Waals surface area contributed by atoms with Crippen LogP contribution in [-0.4, -0.2) is 56.2 Å². The normalized spacial score (nSPS) is 15.9. The van der Waals surface area contributed by atoms with E-state index in [9.17, 15) is 0 Å². The van der Waals surface area contributed by atoms with Crippen molar-refractivity contribution in [3.05, 3.63) is 309 Å². The van der Waals surface area contributed by atoms with E-state index in [1.807, 2.05) is 220 Å². The van der Waals surface area contributed by atoms with E-state index in [1.54, 1.807) is 26.4 Å². The molecule has 0 saturated heterocycles. The van der Waals surface area contributed by atoms with Crippen LogP contribution in [0.15, 0.2) is 287 Å². The van der Waals surface area contributed by atoms with Crippen LogP contribution in [0.4, 0.5) is 0 Å². The minimum Gasteiger partial charge on any atom is -0.497 e. The van der Waals surface area contributed by atoms with Gasteiger partial charge < -0.3 is 9.47 Å². The molecule has 0 spiro atoms. The Labute approximate surface area is 542 Å². The van der Waals surface area contributed by atoms with Gasteiger partial charge in [-0.25, -0.2) is 29.9 Å².